The summed E-state index contributed by atoms with van der Waals surface area (Å²) in [5.74, 6) is 0. The molecule has 3 heterocycles. The summed E-state index contributed by atoms with van der Waals surface area (Å²) < 4.78 is 143. The maximum Gasteiger partial charge on any atom is 0.0645 e. The zero-order chi connectivity index (χ0) is 47.4. The average Bonchev–Trinajstić information content (AvgIpc) is 4.01. The highest BCUT2D eigenvalue weighted by Crippen LogP contribution is 2.38. The van der Waals surface area contributed by atoms with E-state index in [1.807, 2.05) is 71.3 Å². The molecule has 0 amide bonds. The summed E-state index contributed by atoms with van der Waals surface area (Å²) in [7, 11) is 0. The monoisotopic (exact) mass is 665 g/mol. The SMILES string of the molecule is [2H]c1c([2H])c([2H])c2c(c1[2H])c1c([2H])c([2H])c([2H])c([2H])c1n2-c1ccc(-c2ccc3c(c2)c2ccccc2n3-c2cccc(-n3c4c([2H])c([2H])c([2H])c([2H])c4c4c([2H])c([2H])c([2H])c([2H])c43)c2)cc1. The molecule has 0 spiro atoms. The van der Waals surface area contributed by atoms with Crippen molar-refractivity contribution in [3.05, 3.63) is 188 Å². The minimum absolute atomic E-state index is 0.000238. The van der Waals surface area contributed by atoms with E-state index in [4.69, 9.17) is 21.9 Å². The van der Waals surface area contributed by atoms with Crippen molar-refractivity contribution in [3.63, 3.8) is 0 Å². The van der Waals surface area contributed by atoms with Crippen LogP contribution in [0.15, 0.2) is 188 Å². The normalized spacial score (nSPS) is 16.3. The van der Waals surface area contributed by atoms with Gasteiger partial charge in [0.2, 0.25) is 0 Å². The van der Waals surface area contributed by atoms with Crippen LogP contribution in [0.3, 0.4) is 0 Å². The van der Waals surface area contributed by atoms with Gasteiger partial charge < -0.3 is 13.7 Å². The van der Waals surface area contributed by atoms with Crippen LogP contribution in [0.1, 0.15) is 21.9 Å². The fourth-order valence-corrected chi connectivity index (χ4v) is 7.36. The Labute approximate surface area is 316 Å². The molecule has 0 atom stereocenters. The summed E-state index contributed by atoms with van der Waals surface area (Å²) in [5, 5.41) is 1.78. The van der Waals surface area contributed by atoms with Crippen LogP contribution < -0.4 is 0 Å². The quantitative estimate of drug-likeness (QED) is 0.178. The van der Waals surface area contributed by atoms with Gasteiger partial charge in [0, 0.05) is 49.4 Å². The summed E-state index contributed by atoms with van der Waals surface area (Å²) in [5.41, 5.74) is 4.88. The Morgan fingerprint density at radius 3 is 1.31 bits per heavy atom. The van der Waals surface area contributed by atoms with E-state index in [2.05, 4.69) is 0 Å². The lowest BCUT2D eigenvalue weighted by atomic mass is 10.0. The zero-order valence-electron chi connectivity index (χ0n) is 42.5. The van der Waals surface area contributed by atoms with E-state index in [0.29, 0.717) is 17.1 Å². The summed E-state index contributed by atoms with van der Waals surface area (Å²) in [4.78, 5) is 0. The van der Waals surface area contributed by atoms with Crippen molar-refractivity contribution < 1.29 is 21.9 Å². The summed E-state index contributed by atoms with van der Waals surface area (Å²) in [6.07, 6.45) is 0. The number of rotatable bonds is 4. The van der Waals surface area contributed by atoms with Crippen molar-refractivity contribution in [2.75, 3.05) is 0 Å². The van der Waals surface area contributed by atoms with Crippen molar-refractivity contribution >= 4 is 65.4 Å². The third-order valence-corrected chi connectivity index (χ3v) is 9.54. The molecule has 0 saturated carbocycles. The lowest BCUT2D eigenvalue weighted by molar-refractivity contribution is 1.13. The van der Waals surface area contributed by atoms with Gasteiger partial charge in [-0.25, -0.2) is 0 Å². The average molecular weight is 666 g/mol. The van der Waals surface area contributed by atoms with Crippen LogP contribution in [0.4, 0.5) is 0 Å². The van der Waals surface area contributed by atoms with Gasteiger partial charge in [0.1, 0.15) is 0 Å². The number of fused-ring (bicyclic) bond motifs is 9. The summed E-state index contributed by atoms with van der Waals surface area (Å²) >= 11 is 0. The molecule has 0 fully saturated rings. The number of benzene rings is 8. The van der Waals surface area contributed by atoms with E-state index in [1.165, 1.54) is 9.13 Å². The molecule has 0 N–H and O–H groups in total. The van der Waals surface area contributed by atoms with Gasteiger partial charge in [-0.1, -0.05) is 115 Å². The second-order valence-corrected chi connectivity index (χ2v) is 12.2. The van der Waals surface area contributed by atoms with Gasteiger partial charge in [0.05, 0.1) is 55.0 Å². The number of hydrogen-bond acceptors (Lipinski definition) is 0. The van der Waals surface area contributed by atoms with Crippen LogP contribution in [0.5, 0.6) is 0 Å². The number of nitrogens with zero attached hydrogens (tertiary/aromatic N) is 3. The molecule has 0 radical (unpaired) electrons. The Balaban J connectivity index is 1.08. The van der Waals surface area contributed by atoms with Gasteiger partial charge >= 0.3 is 0 Å². The Bertz CT molecular complexity index is 3900. The van der Waals surface area contributed by atoms with E-state index in [-0.39, 0.29) is 67.8 Å². The Kier molecular flexibility index (Phi) is 3.55. The molecule has 0 aliphatic carbocycles. The fourth-order valence-electron chi connectivity index (χ4n) is 7.36. The molecule has 238 valence electrons. The van der Waals surface area contributed by atoms with Crippen molar-refractivity contribution in [3.8, 4) is 28.2 Å². The predicted octanol–water partition coefficient (Wildman–Crippen LogP) is 12.6. The van der Waals surface area contributed by atoms with Crippen molar-refractivity contribution in [2.45, 2.75) is 0 Å². The largest absolute Gasteiger partial charge is 0.309 e. The maximum absolute atomic E-state index is 8.98. The summed E-state index contributed by atoms with van der Waals surface area (Å²) in [6, 6.07) is 20.9. The van der Waals surface area contributed by atoms with E-state index in [1.54, 1.807) is 24.3 Å². The van der Waals surface area contributed by atoms with E-state index < -0.39 is 72.5 Å². The fraction of sp³-hybridized carbons (Fsp3) is 0. The highest BCUT2D eigenvalue weighted by atomic mass is 15.0. The lowest BCUT2D eigenvalue weighted by Gasteiger charge is -2.13. The maximum atomic E-state index is 8.98. The molecule has 0 saturated heterocycles. The standard InChI is InChI=1S/C48H31N3/c1-6-19-43-37(14-1)38-15-2-7-20-44(38)49(43)34-27-24-32(25-28-34)33-26-29-48-42(30-33)41-18-5-10-23-47(41)51(48)36-13-11-12-35(31-36)50-45-21-8-3-16-39(45)40-17-4-9-22-46(40)50/h1-31H/i1D,2D,3D,4D,6D,7D,8D,9D,14D,15D,16D,17D,19D,20D,21D,22D. The minimum atomic E-state index is -0.515. The molecule has 3 nitrogen and oxygen atoms in total. The first kappa shape index (κ1) is 16.7. The van der Waals surface area contributed by atoms with Crippen LogP contribution in [0.25, 0.3) is 93.6 Å². The molecule has 11 aromatic rings. The Hall–Kier alpha value is -6.84. The Morgan fingerprint density at radius 1 is 0.294 bits per heavy atom. The number of para-hydroxylation sites is 5. The highest BCUT2D eigenvalue weighted by Gasteiger charge is 2.17. The van der Waals surface area contributed by atoms with Gasteiger partial charge in [-0.2, -0.15) is 0 Å². The molecular weight excluding hydrogens is 619 g/mol. The summed E-state index contributed by atoms with van der Waals surface area (Å²) in [6.45, 7) is 0. The third kappa shape index (κ3) is 4.12. The molecule has 0 unspecified atom stereocenters. The van der Waals surface area contributed by atoms with Crippen LogP contribution in [-0.2, 0) is 0 Å². The molecule has 0 bridgehead atoms. The molecule has 3 aromatic heterocycles. The molecule has 0 aliphatic rings. The van der Waals surface area contributed by atoms with Crippen molar-refractivity contribution in [2.24, 2.45) is 0 Å². The van der Waals surface area contributed by atoms with E-state index >= 15 is 0 Å². The topological polar surface area (TPSA) is 14.8 Å². The number of hydrogen-bond donors (Lipinski definition) is 0. The minimum Gasteiger partial charge on any atom is -0.309 e. The van der Waals surface area contributed by atoms with Gasteiger partial charge in [-0.3, -0.25) is 0 Å². The van der Waals surface area contributed by atoms with Gasteiger partial charge in [-0.05, 0) is 83.8 Å². The molecule has 3 heteroatoms. The molecular formula is C48H31N3. The molecule has 51 heavy (non-hydrogen) atoms. The third-order valence-electron chi connectivity index (χ3n) is 9.54. The Morgan fingerprint density at radius 2 is 0.745 bits per heavy atom. The van der Waals surface area contributed by atoms with E-state index in [9.17, 15) is 0 Å². The highest BCUT2D eigenvalue weighted by molar-refractivity contribution is 6.12. The first-order chi connectivity index (χ1) is 32.0. The van der Waals surface area contributed by atoms with Gasteiger partial charge in [0.15, 0.2) is 0 Å². The van der Waals surface area contributed by atoms with Gasteiger partial charge in [0.25, 0.3) is 0 Å². The second kappa shape index (κ2) is 10.8. The zero-order valence-corrected chi connectivity index (χ0v) is 26.5. The van der Waals surface area contributed by atoms with Crippen LogP contribution >= 0.6 is 0 Å². The first-order valence-electron chi connectivity index (χ1n) is 24.2. The smallest absolute Gasteiger partial charge is 0.0645 e. The number of aromatic nitrogens is 3. The predicted molar refractivity (Wildman–Crippen MR) is 215 cm³/mol. The van der Waals surface area contributed by atoms with Crippen LogP contribution in [0, 0.1) is 0 Å². The second-order valence-electron chi connectivity index (χ2n) is 12.2. The van der Waals surface area contributed by atoms with Crippen molar-refractivity contribution in [1.82, 2.24) is 13.7 Å². The van der Waals surface area contributed by atoms with E-state index in [0.717, 1.165) is 32.9 Å². The van der Waals surface area contributed by atoms with Crippen LogP contribution in [-0.4, -0.2) is 13.7 Å². The lowest BCUT2D eigenvalue weighted by Crippen LogP contribution is -1.98. The van der Waals surface area contributed by atoms with Crippen molar-refractivity contribution in [1.29, 1.82) is 0 Å². The molecule has 8 aromatic carbocycles. The molecule has 0 aliphatic heterocycles. The van der Waals surface area contributed by atoms with Gasteiger partial charge in [-0.15, -0.1) is 0 Å². The molecule has 11 rings (SSSR count). The first-order valence-corrected chi connectivity index (χ1v) is 16.2. The van der Waals surface area contributed by atoms with Crippen LogP contribution in [0.2, 0.25) is 0 Å².